The van der Waals surface area contributed by atoms with E-state index in [2.05, 4.69) is 145 Å². The fraction of sp³-hybridized carbons (Fsp3) is 0. The number of hydrogen-bond acceptors (Lipinski definition) is 1. The Hall–Kier alpha value is -4.62. The van der Waals surface area contributed by atoms with Crippen molar-refractivity contribution in [3.63, 3.8) is 0 Å². The van der Waals surface area contributed by atoms with Crippen molar-refractivity contribution >= 4 is 29.2 Å². The van der Waals surface area contributed by atoms with Gasteiger partial charge >= 0.3 is 0 Å². The van der Waals surface area contributed by atoms with Crippen LogP contribution in [0.4, 0.5) is 17.1 Å². The Balaban J connectivity index is 1.82. The molecule has 1 nitrogen and oxygen atoms in total. The quantitative estimate of drug-likeness (QED) is 0.239. The average molecular weight is 450 g/mol. The molecule has 0 bridgehead atoms. The van der Waals surface area contributed by atoms with Gasteiger partial charge in [0.2, 0.25) is 0 Å². The number of para-hydroxylation sites is 3. The molecule has 0 spiro atoms. The van der Waals surface area contributed by atoms with E-state index in [1.54, 1.807) is 0 Å². The summed E-state index contributed by atoms with van der Waals surface area (Å²) < 4.78 is 0. The first-order valence-electron chi connectivity index (χ1n) is 11.8. The van der Waals surface area contributed by atoms with Crippen LogP contribution in [0.1, 0.15) is 11.1 Å². The summed E-state index contributed by atoms with van der Waals surface area (Å²) in [4.78, 5) is 2.35. The fourth-order valence-electron chi connectivity index (χ4n) is 4.41. The van der Waals surface area contributed by atoms with E-state index in [0.29, 0.717) is 0 Å². The van der Waals surface area contributed by atoms with Gasteiger partial charge in [-0.3, -0.25) is 0 Å². The molecule has 0 radical (unpaired) electrons. The Bertz CT molecular complexity index is 1320. The van der Waals surface area contributed by atoms with Gasteiger partial charge in [-0.15, -0.1) is 0 Å². The van der Waals surface area contributed by atoms with Crippen LogP contribution >= 0.6 is 0 Å². The van der Waals surface area contributed by atoms with E-state index in [1.165, 1.54) is 11.1 Å². The highest BCUT2D eigenvalue weighted by Crippen LogP contribution is 2.46. The molecule has 0 saturated heterocycles. The van der Waals surface area contributed by atoms with Gasteiger partial charge in [0.1, 0.15) is 0 Å². The summed E-state index contributed by atoms with van der Waals surface area (Å²) in [6.45, 7) is 7.82. The molecule has 5 aromatic carbocycles. The number of anilines is 3. The topological polar surface area (TPSA) is 3.24 Å². The molecular weight excluding hydrogens is 422 g/mol. The summed E-state index contributed by atoms with van der Waals surface area (Å²) in [6, 6.07) is 44.8. The number of benzene rings is 5. The first-order valence-corrected chi connectivity index (χ1v) is 11.8. The summed E-state index contributed by atoms with van der Waals surface area (Å²) in [7, 11) is 0. The van der Waals surface area contributed by atoms with Crippen molar-refractivity contribution in [2.45, 2.75) is 0 Å². The van der Waals surface area contributed by atoms with Gasteiger partial charge in [-0.2, -0.15) is 0 Å². The van der Waals surface area contributed by atoms with Crippen LogP contribution in [-0.4, -0.2) is 0 Å². The van der Waals surface area contributed by atoms with E-state index in [1.807, 2.05) is 12.2 Å². The molecule has 0 atom stereocenters. The van der Waals surface area contributed by atoms with Crippen molar-refractivity contribution in [3.8, 4) is 22.3 Å². The highest BCUT2D eigenvalue weighted by atomic mass is 15.1. The number of rotatable bonds is 7. The molecule has 0 heterocycles. The highest BCUT2D eigenvalue weighted by molar-refractivity contribution is 5.97. The molecule has 0 amide bonds. The molecule has 5 rings (SSSR count). The smallest absolute Gasteiger partial charge is 0.0618 e. The van der Waals surface area contributed by atoms with Gasteiger partial charge < -0.3 is 4.90 Å². The highest BCUT2D eigenvalue weighted by Gasteiger charge is 2.21. The monoisotopic (exact) mass is 449 g/mol. The number of nitrogens with zero attached hydrogens (tertiary/aromatic N) is 1. The Morgan fingerprint density at radius 1 is 0.429 bits per heavy atom. The van der Waals surface area contributed by atoms with Crippen molar-refractivity contribution < 1.29 is 0 Å². The molecule has 0 aromatic heterocycles. The van der Waals surface area contributed by atoms with Crippen LogP contribution in [0.3, 0.4) is 0 Å². The van der Waals surface area contributed by atoms with E-state index in [-0.39, 0.29) is 0 Å². The summed E-state index contributed by atoms with van der Waals surface area (Å²) in [5, 5.41) is 0. The molecule has 0 aliphatic rings. The molecule has 168 valence electrons. The third-order valence-electron chi connectivity index (χ3n) is 6.20. The van der Waals surface area contributed by atoms with Crippen molar-refractivity contribution in [1.29, 1.82) is 0 Å². The van der Waals surface area contributed by atoms with Crippen LogP contribution in [-0.2, 0) is 0 Å². The van der Waals surface area contributed by atoms with Crippen LogP contribution < -0.4 is 4.90 Å². The van der Waals surface area contributed by atoms with E-state index >= 15 is 0 Å². The van der Waals surface area contributed by atoms with Crippen molar-refractivity contribution in [1.82, 2.24) is 0 Å². The van der Waals surface area contributed by atoms with E-state index in [0.717, 1.165) is 39.3 Å². The summed E-state index contributed by atoms with van der Waals surface area (Å²) in [5.41, 5.74) is 10.2. The van der Waals surface area contributed by atoms with Crippen LogP contribution in [0.25, 0.3) is 34.4 Å². The van der Waals surface area contributed by atoms with Gasteiger partial charge in [0.15, 0.2) is 0 Å². The first kappa shape index (κ1) is 22.2. The predicted octanol–water partition coefficient (Wildman–Crippen LogP) is 9.78. The molecular formula is C34H27N. The molecule has 0 aliphatic heterocycles. The van der Waals surface area contributed by atoms with Crippen molar-refractivity contribution in [2.24, 2.45) is 0 Å². The first-order chi connectivity index (χ1) is 17.3. The maximum Gasteiger partial charge on any atom is 0.0618 e. The Morgan fingerprint density at radius 3 is 1.20 bits per heavy atom. The van der Waals surface area contributed by atoms with Crippen LogP contribution in [0.15, 0.2) is 141 Å². The number of hydrogen-bond donors (Lipinski definition) is 0. The molecule has 0 N–H and O–H groups in total. The SMILES string of the molecule is C=Cc1ccc(-c2cccc(-c3ccc(C=C)cc3)c2N(c2ccccc2)c2ccccc2)cc1. The predicted molar refractivity (Wildman–Crippen MR) is 152 cm³/mol. The van der Waals surface area contributed by atoms with Crippen LogP contribution in [0.2, 0.25) is 0 Å². The Labute approximate surface area is 208 Å². The lowest BCUT2D eigenvalue weighted by atomic mass is 9.93. The lowest BCUT2D eigenvalue weighted by Gasteiger charge is -2.30. The van der Waals surface area contributed by atoms with E-state index in [4.69, 9.17) is 0 Å². The minimum Gasteiger partial charge on any atom is -0.309 e. The second kappa shape index (κ2) is 10.1. The summed E-state index contributed by atoms with van der Waals surface area (Å²) in [5.74, 6) is 0. The lowest BCUT2D eigenvalue weighted by molar-refractivity contribution is 1.28. The Kier molecular flexibility index (Phi) is 6.41. The molecule has 5 aromatic rings. The summed E-state index contributed by atoms with van der Waals surface area (Å²) in [6.07, 6.45) is 3.75. The lowest BCUT2D eigenvalue weighted by Crippen LogP contribution is -2.12. The molecule has 0 fully saturated rings. The third-order valence-corrected chi connectivity index (χ3v) is 6.20. The summed E-state index contributed by atoms with van der Waals surface area (Å²) >= 11 is 0. The zero-order chi connectivity index (χ0) is 24.0. The van der Waals surface area contributed by atoms with Crippen molar-refractivity contribution in [3.05, 3.63) is 152 Å². The minimum atomic E-state index is 1.11. The minimum absolute atomic E-state index is 1.11. The van der Waals surface area contributed by atoms with Gasteiger partial charge in [-0.25, -0.2) is 0 Å². The molecule has 35 heavy (non-hydrogen) atoms. The molecule has 0 unspecified atom stereocenters. The zero-order valence-corrected chi connectivity index (χ0v) is 19.6. The second-order valence-corrected chi connectivity index (χ2v) is 8.36. The van der Waals surface area contributed by atoms with Gasteiger partial charge in [-0.1, -0.05) is 128 Å². The van der Waals surface area contributed by atoms with Gasteiger partial charge in [0.25, 0.3) is 0 Å². The van der Waals surface area contributed by atoms with Gasteiger partial charge in [0, 0.05) is 22.5 Å². The largest absolute Gasteiger partial charge is 0.309 e. The maximum absolute atomic E-state index is 3.91. The van der Waals surface area contributed by atoms with Crippen LogP contribution in [0.5, 0.6) is 0 Å². The maximum atomic E-state index is 3.91. The van der Waals surface area contributed by atoms with Gasteiger partial charge in [0.05, 0.1) is 5.69 Å². The molecule has 0 saturated carbocycles. The van der Waals surface area contributed by atoms with E-state index in [9.17, 15) is 0 Å². The van der Waals surface area contributed by atoms with Crippen LogP contribution in [0, 0.1) is 0 Å². The zero-order valence-electron chi connectivity index (χ0n) is 19.6. The standard InChI is InChI=1S/C34H27N/c1-3-26-18-22-28(23-19-26)32-16-11-17-33(29-24-20-27(4-2)21-25-29)34(32)35(30-12-7-5-8-13-30)31-14-9-6-10-15-31/h3-25H,1-2H2. The molecule has 1 heteroatoms. The van der Waals surface area contributed by atoms with E-state index < -0.39 is 0 Å². The second-order valence-electron chi connectivity index (χ2n) is 8.36. The average Bonchev–Trinajstić information content (AvgIpc) is 2.94. The third kappa shape index (κ3) is 4.58. The van der Waals surface area contributed by atoms with Crippen molar-refractivity contribution in [2.75, 3.05) is 4.90 Å². The van der Waals surface area contributed by atoms with Gasteiger partial charge in [-0.05, 0) is 46.5 Å². The molecule has 0 aliphatic carbocycles. The fourth-order valence-corrected chi connectivity index (χ4v) is 4.41. The Morgan fingerprint density at radius 2 is 0.829 bits per heavy atom. The normalized spacial score (nSPS) is 10.5.